The van der Waals surface area contributed by atoms with Gasteiger partial charge >= 0.3 is 0 Å². The van der Waals surface area contributed by atoms with E-state index in [1.54, 1.807) is 11.3 Å². The molecule has 3 aromatic rings. The van der Waals surface area contributed by atoms with Crippen LogP contribution in [0.15, 0.2) is 35.7 Å². The van der Waals surface area contributed by atoms with Gasteiger partial charge < -0.3 is 4.98 Å². The second kappa shape index (κ2) is 5.23. The highest BCUT2D eigenvalue weighted by molar-refractivity contribution is 7.71. The van der Waals surface area contributed by atoms with Crippen molar-refractivity contribution < 1.29 is 0 Å². The van der Waals surface area contributed by atoms with Crippen LogP contribution in [-0.4, -0.2) is 9.97 Å². The molecule has 0 spiro atoms. The fourth-order valence-electron chi connectivity index (χ4n) is 2.21. The van der Waals surface area contributed by atoms with Gasteiger partial charge in [-0.15, -0.1) is 11.3 Å². The maximum Gasteiger partial charge on any atom is 0.130 e. The number of rotatable bonds is 3. The average Bonchev–Trinajstić information content (AvgIpc) is 2.86. The fourth-order valence-corrected chi connectivity index (χ4v) is 3.37. The van der Waals surface area contributed by atoms with Crippen LogP contribution in [0.5, 0.6) is 0 Å². The second-order valence-electron chi connectivity index (χ2n) is 4.47. The van der Waals surface area contributed by atoms with Crippen LogP contribution < -0.4 is 0 Å². The van der Waals surface area contributed by atoms with E-state index < -0.39 is 0 Å². The first-order chi connectivity index (χ1) is 9.28. The minimum Gasteiger partial charge on any atom is -0.343 e. The van der Waals surface area contributed by atoms with E-state index in [1.807, 2.05) is 6.07 Å². The number of hydrogen-bond acceptors (Lipinski definition) is 3. The molecule has 2 nitrogen and oxygen atoms in total. The molecular formula is C15H14N2S2. The molecule has 0 unspecified atom stereocenters. The number of fused-ring (bicyclic) bond motifs is 1. The molecule has 96 valence electrons. The number of nitrogens with zero attached hydrogens (tertiary/aromatic N) is 1. The second-order valence-corrected chi connectivity index (χ2v) is 5.81. The third-order valence-electron chi connectivity index (χ3n) is 3.05. The van der Waals surface area contributed by atoms with Crippen molar-refractivity contribution >= 4 is 33.6 Å². The Labute approximate surface area is 121 Å². The normalized spacial score (nSPS) is 11.0. The molecule has 0 fully saturated rings. The van der Waals surface area contributed by atoms with Crippen molar-refractivity contribution in [3.05, 3.63) is 46.2 Å². The van der Waals surface area contributed by atoms with Gasteiger partial charge in [-0.2, -0.15) is 0 Å². The first-order valence-electron chi connectivity index (χ1n) is 6.35. The lowest BCUT2D eigenvalue weighted by molar-refractivity contribution is 0.833. The topological polar surface area (TPSA) is 28.7 Å². The lowest BCUT2D eigenvalue weighted by atomic mass is 10.1. The number of thiophene rings is 1. The Hall–Kier alpha value is -1.52. The maximum absolute atomic E-state index is 5.28. The van der Waals surface area contributed by atoms with Gasteiger partial charge in [-0.1, -0.05) is 37.3 Å². The lowest BCUT2D eigenvalue weighted by Crippen LogP contribution is -1.96. The van der Waals surface area contributed by atoms with Gasteiger partial charge in [0.25, 0.3) is 0 Å². The molecule has 2 aromatic heterocycles. The van der Waals surface area contributed by atoms with Crippen molar-refractivity contribution in [1.29, 1.82) is 0 Å². The number of benzene rings is 1. The van der Waals surface area contributed by atoms with Crippen molar-refractivity contribution in [3.8, 4) is 11.3 Å². The predicted molar refractivity (Wildman–Crippen MR) is 84.2 cm³/mol. The van der Waals surface area contributed by atoms with E-state index in [0.717, 1.165) is 24.4 Å². The molecule has 1 N–H and O–H groups in total. The van der Waals surface area contributed by atoms with E-state index in [9.17, 15) is 0 Å². The zero-order valence-electron chi connectivity index (χ0n) is 10.6. The van der Waals surface area contributed by atoms with E-state index >= 15 is 0 Å². The van der Waals surface area contributed by atoms with Crippen LogP contribution in [-0.2, 0) is 6.42 Å². The summed E-state index contributed by atoms with van der Waals surface area (Å²) in [6.07, 6.45) is 1.99. The quantitative estimate of drug-likeness (QED) is 0.688. The van der Waals surface area contributed by atoms with E-state index in [1.165, 1.54) is 15.6 Å². The standard InChI is InChI=1S/C15H14N2S2/c1-2-4-13-16-12(9-14(18)17-13)11-6-3-5-10-7-8-19-15(10)11/h3,5-9H,2,4H2,1H3,(H,16,17,18). The Kier molecular flexibility index (Phi) is 3.44. The van der Waals surface area contributed by atoms with E-state index in [4.69, 9.17) is 12.2 Å². The third kappa shape index (κ3) is 2.46. The number of aromatic nitrogens is 2. The van der Waals surface area contributed by atoms with Gasteiger partial charge in [0.2, 0.25) is 0 Å². The zero-order chi connectivity index (χ0) is 13.2. The molecule has 4 heteroatoms. The molecule has 0 atom stereocenters. The molecule has 0 aliphatic carbocycles. The van der Waals surface area contributed by atoms with Crippen LogP contribution in [0, 0.1) is 4.64 Å². The SMILES string of the molecule is CCCc1nc(=S)cc(-c2cccc3ccsc23)[nH]1. The smallest absolute Gasteiger partial charge is 0.130 e. The zero-order valence-corrected chi connectivity index (χ0v) is 12.3. The first kappa shape index (κ1) is 12.5. The van der Waals surface area contributed by atoms with Crippen LogP contribution in [0.1, 0.15) is 19.2 Å². The Morgan fingerprint density at radius 3 is 3.05 bits per heavy atom. The fraction of sp³-hybridized carbons (Fsp3) is 0.200. The Morgan fingerprint density at radius 2 is 2.21 bits per heavy atom. The summed E-state index contributed by atoms with van der Waals surface area (Å²) in [5, 5.41) is 3.40. The molecule has 0 aliphatic heterocycles. The summed E-state index contributed by atoms with van der Waals surface area (Å²) < 4.78 is 1.95. The highest BCUT2D eigenvalue weighted by Crippen LogP contribution is 2.31. The number of nitrogens with one attached hydrogen (secondary N) is 1. The molecule has 0 saturated carbocycles. The largest absolute Gasteiger partial charge is 0.343 e. The monoisotopic (exact) mass is 286 g/mol. The van der Waals surface area contributed by atoms with Crippen molar-refractivity contribution in [2.45, 2.75) is 19.8 Å². The summed E-state index contributed by atoms with van der Waals surface area (Å²) in [7, 11) is 0. The number of H-pyrrole nitrogens is 1. The molecule has 0 saturated heterocycles. The molecule has 3 rings (SSSR count). The van der Waals surface area contributed by atoms with Crippen molar-refractivity contribution in [2.24, 2.45) is 0 Å². The van der Waals surface area contributed by atoms with Crippen LogP contribution in [0.4, 0.5) is 0 Å². The summed E-state index contributed by atoms with van der Waals surface area (Å²) in [5.41, 5.74) is 2.27. The van der Waals surface area contributed by atoms with Crippen LogP contribution in [0.2, 0.25) is 0 Å². The molecule has 0 radical (unpaired) electrons. The number of hydrogen-bond donors (Lipinski definition) is 1. The van der Waals surface area contributed by atoms with Crippen LogP contribution in [0.3, 0.4) is 0 Å². The van der Waals surface area contributed by atoms with Gasteiger partial charge in [-0.25, -0.2) is 4.98 Å². The van der Waals surface area contributed by atoms with Crippen molar-refractivity contribution in [1.82, 2.24) is 9.97 Å². The average molecular weight is 286 g/mol. The van der Waals surface area contributed by atoms with E-state index in [0.29, 0.717) is 4.64 Å². The van der Waals surface area contributed by atoms with E-state index in [-0.39, 0.29) is 0 Å². The lowest BCUT2D eigenvalue weighted by Gasteiger charge is -2.06. The Balaban J connectivity index is 2.21. The minimum absolute atomic E-state index is 0.658. The van der Waals surface area contributed by atoms with Gasteiger partial charge in [-0.05, 0) is 29.3 Å². The van der Waals surface area contributed by atoms with Crippen LogP contribution >= 0.6 is 23.6 Å². The Morgan fingerprint density at radius 1 is 1.32 bits per heavy atom. The first-order valence-corrected chi connectivity index (χ1v) is 7.63. The molecule has 2 heterocycles. The summed E-state index contributed by atoms with van der Waals surface area (Å²) in [6, 6.07) is 10.4. The van der Waals surface area contributed by atoms with Gasteiger partial charge in [0.05, 0.1) is 5.69 Å². The molecule has 0 bridgehead atoms. The van der Waals surface area contributed by atoms with Gasteiger partial charge in [0, 0.05) is 16.7 Å². The minimum atomic E-state index is 0.658. The number of aryl methyl sites for hydroxylation is 1. The maximum atomic E-state index is 5.28. The summed E-state index contributed by atoms with van der Waals surface area (Å²) in [4.78, 5) is 7.79. The van der Waals surface area contributed by atoms with Crippen LogP contribution in [0.25, 0.3) is 21.3 Å². The van der Waals surface area contributed by atoms with E-state index in [2.05, 4.69) is 46.5 Å². The molecule has 1 aromatic carbocycles. The van der Waals surface area contributed by atoms with Crippen molar-refractivity contribution in [2.75, 3.05) is 0 Å². The third-order valence-corrected chi connectivity index (χ3v) is 4.22. The molecule has 0 aliphatic rings. The van der Waals surface area contributed by atoms with Crippen molar-refractivity contribution in [3.63, 3.8) is 0 Å². The molecule has 19 heavy (non-hydrogen) atoms. The summed E-state index contributed by atoms with van der Waals surface area (Å²) in [6.45, 7) is 2.14. The highest BCUT2D eigenvalue weighted by atomic mass is 32.1. The molecule has 0 amide bonds. The number of aromatic amines is 1. The summed E-state index contributed by atoms with van der Waals surface area (Å²) >= 11 is 7.04. The molecular weight excluding hydrogens is 272 g/mol. The van der Waals surface area contributed by atoms with Gasteiger partial charge in [0.1, 0.15) is 10.5 Å². The van der Waals surface area contributed by atoms with Gasteiger partial charge in [-0.3, -0.25) is 0 Å². The highest BCUT2D eigenvalue weighted by Gasteiger charge is 2.07. The Bertz CT molecular complexity index is 771. The summed E-state index contributed by atoms with van der Waals surface area (Å²) in [5.74, 6) is 0.971. The van der Waals surface area contributed by atoms with Gasteiger partial charge in [0.15, 0.2) is 0 Å². The predicted octanol–water partition coefficient (Wildman–Crippen LogP) is 4.97.